The normalized spacial score (nSPS) is 16.2. The van der Waals surface area contributed by atoms with E-state index in [-0.39, 0.29) is 40.8 Å². The van der Waals surface area contributed by atoms with Crippen molar-refractivity contribution in [3.8, 4) is 11.3 Å². The quantitative estimate of drug-likeness (QED) is 0.392. The Morgan fingerprint density at radius 2 is 1.79 bits per heavy atom. The predicted molar refractivity (Wildman–Crippen MR) is 138 cm³/mol. The highest BCUT2D eigenvalue weighted by Gasteiger charge is 2.34. The lowest BCUT2D eigenvalue weighted by molar-refractivity contribution is -0.138. The van der Waals surface area contributed by atoms with Gasteiger partial charge in [-0.25, -0.2) is 15.0 Å². The average Bonchev–Trinajstić information content (AvgIpc) is 3.12. The summed E-state index contributed by atoms with van der Waals surface area (Å²) in [5, 5.41) is 0.275. The Kier molecular flexibility index (Phi) is 6.60. The molecule has 5 heterocycles. The lowest BCUT2D eigenvalue weighted by atomic mass is 10.1. The van der Waals surface area contributed by atoms with Gasteiger partial charge in [-0.15, -0.1) is 0 Å². The first-order valence-electron chi connectivity index (χ1n) is 12.4. The van der Waals surface area contributed by atoms with Crippen LogP contribution in [0.3, 0.4) is 0 Å². The zero-order valence-electron chi connectivity index (χ0n) is 21.9. The van der Waals surface area contributed by atoms with Crippen LogP contribution in [-0.4, -0.2) is 65.8 Å². The molecular weight excluding hydrogens is 513 g/mol. The topological polar surface area (TPSA) is 102 Å². The van der Waals surface area contributed by atoms with Crippen LogP contribution >= 0.6 is 0 Å². The van der Waals surface area contributed by atoms with Gasteiger partial charge < -0.3 is 9.80 Å². The zero-order chi connectivity index (χ0) is 28.1. The number of hydrogen-bond donors (Lipinski definition) is 0. The molecule has 39 heavy (non-hydrogen) atoms. The third-order valence-corrected chi connectivity index (χ3v) is 6.97. The summed E-state index contributed by atoms with van der Waals surface area (Å²) >= 11 is 0. The summed E-state index contributed by atoms with van der Waals surface area (Å²) in [7, 11) is 1.48. The van der Waals surface area contributed by atoms with Crippen molar-refractivity contribution in [1.82, 2.24) is 34.2 Å². The third-order valence-electron chi connectivity index (χ3n) is 6.97. The van der Waals surface area contributed by atoms with E-state index in [1.165, 1.54) is 22.5 Å². The Bertz CT molecular complexity index is 1610. The fourth-order valence-electron chi connectivity index (χ4n) is 4.93. The largest absolute Gasteiger partial charge is 0.418 e. The Labute approximate surface area is 221 Å². The summed E-state index contributed by atoms with van der Waals surface area (Å²) in [6.45, 7) is 6.65. The Hall–Kier alpha value is -4.29. The van der Waals surface area contributed by atoms with Crippen molar-refractivity contribution in [2.45, 2.75) is 39.5 Å². The van der Waals surface area contributed by atoms with Gasteiger partial charge in [0.05, 0.1) is 28.9 Å². The van der Waals surface area contributed by atoms with Gasteiger partial charge in [-0.3, -0.25) is 23.9 Å². The van der Waals surface area contributed by atoms with Crippen LogP contribution < -0.4 is 10.5 Å². The smallest absolute Gasteiger partial charge is 0.337 e. The summed E-state index contributed by atoms with van der Waals surface area (Å²) in [5.74, 6) is 0.559. The van der Waals surface area contributed by atoms with E-state index in [2.05, 4.69) is 19.9 Å². The molecule has 1 atom stereocenters. The van der Waals surface area contributed by atoms with Crippen LogP contribution in [0.5, 0.6) is 0 Å². The SMILES string of the molecule is CC(=O)N1CCN(c2ncc(-c3ccc4c(=O)n(C)n(Cc5nc(C)ccc5C(F)(F)F)c4n3)cn2)C[C@H]1C. The monoisotopic (exact) mass is 540 g/mol. The van der Waals surface area contributed by atoms with Gasteiger partial charge in [0.25, 0.3) is 5.56 Å². The predicted octanol–water partition coefficient (Wildman–Crippen LogP) is 3.02. The molecule has 1 saturated heterocycles. The van der Waals surface area contributed by atoms with Crippen LogP contribution in [-0.2, 0) is 24.6 Å². The summed E-state index contributed by atoms with van der Waals surface area (Å²) in [6.07, 6.45) is -1.35. The highest BCUT2D eigenvalue weighted by molar-refractivity contribution is 5.78. The second-order valence-corrected chi connectivity index (χ2v) is 9.68. The summed E-state index contributed by atoms with van der Waals surface area (Å²) in [4.78, 5) is 46.1. The number of nitrogens with zero attached hydrogens (tertiary/aromatic N) is 8. The van der Waals surface area contributed by atoms with Gasteiger partial charge in [-0.1, -0.05) is 0 Å². The molecule has 0 aromatic carbocycles. The molecule has 4 aromatic rings. The second kappa shape index (κ2) is 9.79. The minimum Gasteiger partial charge on any atom is -0.337 e. The minimum atomic E-state index is -4.59. The molecule has 10 nitrogen and oxygen atoms in total. The molecule has 1 aliphatic heterocycles. The van der Waals surface area contributed by atoms with Crippen molar-refractivity contribution in [2.75, 3.05) is 24.5 Å². The maximum absolute atomic E-state index is 13.7. The van der Waals surface area contributed by atoms with E-state index in [4.69, 9.17) is 0 Å². The highest BCUT2D eigenvalue weighted by Crippen LogP contribution is 2.32. The number of amides is 1. The number of fused-ring (bicyclic) bond motifs is 1. The standard InChI is InChI=1S/C26H27F3N8O2/c1-15-5-7-20(26(27,28)29)22(32-15)14-37-23-19(24(39)34(37)4)6-8-21(33-23)18-11-30-25(31-12-18)35-9-10-36(17(3)38)16(2)13-35/h5-8,11-12,16H,9-10,13-14H2,1-4H3/t16-/m1/s1. The van der Waals surface area contributed by atoms with Crippen LogP contribution in [0.15, 0.2) is 41.5 Å². The van der Waals surface area contributed by atoms with E-state index >= 15 is 0 Å². The Morgan fingerprint density at radius 1 is 1.08 bits per heavy atom. The summed E-state index contributed by atoms with van der Waals surface area (Å²) in [5.41, 5.74) is 0.280. The van der Waals surface area contributed by atoms with Crippen molar-refractivity contribution >= 4 is 22.9 Å². The van der Waals surface area contributed by atoms with Crippen LogP contribution in [0.1, 0.15) is 30.8 Å². The Morgan fingerprint density at radius 3 is 2.44 bits per heavy atom. The number of piperazine rings is 1. The molecule has 5 rings (SSSR count). The van der Waals surface area contributed by atoms with Crippen molar-refractivity contribution < 1.29 is 18.0 Å². The van der Waals surface area contributed by atoms with Gasteiger partial charge in [0.15, 0.2) is 5.65 Å². The zero-order valence-corrected chi connectivity index (χ0v) is 21.9. The molecular formula is C26H27F3N8O2. The molecule has 0 spiro atoms. The van der Waals surface area contributed by atoms with Gasteiger partial charge >= 0.3 is 6.18 Å². The van der Waals surface area contributed by atoms with E-state index in [0.29, 0.717) is 42.5 Å². The molecule has 0 N–H and O–H groups in total. The number of rotatable bonds is 4. The molecule has 13 heteroatoms. The van der Waals surface area contributed by atoms with E-state index in [1.807, 2.05) is 16.7 Å². The number of aryl methyl sites for hydroxylation is 1. The van der Waals surface area contributed by atoms with Crippen molar-refractivity contribution in [3.63, 3.8) is 0 Å². The molecule has 1 fully saturated rings. The Balaban J connectivity index is 1.47. The number of aromatic nitrogens is 6. The van der Waals surface area contributed by atoms with Crippen LogP contribution in [0.2, 0.25) is 0 Å². The van der Waals surface area contributed by atoms with Crippen LogP contribution in [0.4, 0.5) is 19.1 Å². The highest BCUT2D eigenvalue weighted by atomic mass is 19.4. The second-order valence-electron chi connectivity index (χ2n) is 9.68. The van der Waals surface area contributed by atoms with E-state index in [9.17, 15) is 22.8 Å². The number of alkyl halides is 3. The molecule has 0 radical (unpaired) electrons. The molecule has 1 amide bonds. The van der Waals surface area contributed by atoms with Gasteiger partial charge in [-0.05, 0) is 38.1 Å². The first kappa shape index (κ1) is 26.3. The number of anilines is 1. The van der Waals surface area contributed by atoms with E-state index in [0.717, 1.165) is 6.07 Å². The number of carbonyl (C=O) groups is 1. The van der Waals surface area contributed by atoms with Crippen LogP contribution in [0, 0.1) is 6.92 Å². The lowest BCUT2D eigenvalue weighted by Gasteiger charge is -2.39. The molecule has 0 bridgehead atoms. The van der Waals surface area contributed by atoms with Crippen molar-refractivity contribution in [2.24, 2.45) is 7.05 Å². The first-order chi connectivity index (χ1) is 18.4. The van der Waals surface area contributed by atoms with Gasteiger partial charge in [0, 0.05) is 63.3 Å². The van der Waals surface area contributed by atoms with Crippen molar-refractivity contribution in [3.05, 3.63) is 64.0 Å². The number of carbonyl (C=O) groups excluding carboxylic acids is 1. The molecule has 4 aromatic heterocycles. The molecule has 1 aliphatic rings. The summed E-state index contributed by atoms with van der Waals surface area (Å²) < 4.78 is 43.6. The third kappa shape index (κ3) is 4.95. The number of hydrogen-bond acceptors (Lipinski definition) is 7. The lowest BCUT2D eigenvalue weighted by Crippen LogP contribution is -2.53. The fourth-order valence-corrected chi connectivity index (χ4v) is 4.93. The van der Waals surface area contributed by atoms with Gasteiger partial charge in [-0.2, -0.15) is 13.2 Å². The van der Waals surface area contributed by atoms with Crippen molar-refractivity contribution in [1.29, 1.82) is 0 Å². The number of pyridine rings is 2. The van der Waals surface area contributed by atoms with Gasteiger partial charge in [0.2, 0.25) is 11.9 Å². The molecule has 0 saturated carbocycles. The first-order valence-corrected chi connectivity index (χ1v) is 12.4. The van der Waals surface area contributed by atoms with E-state index < -0.39 is 11.7 Å². The van der Waals surface area contributed by atoms with Gasteiger partial charge in [0.1, 0.15) is 0 Å². The summed E-state index contributed by atoms with van der Waals surface area (Å²) in [6, 6.07) is 5.59. The molecule has 204 valence electrons. The minimum absolute atomic E-state index is 0.0270. The number of halogens is 3. The van der Waals surface area contributed by atoms with Crippen LogP contribution in [0.25, 0.3) is 22.3 Å². The maximum atomic E-state index is 13.7. The maximum Gasteiger partial charge on any atom is 0.418 e. The molecule has 0 unspecified atom stereocenters. The van der Waals surface area contributed by atoms with E-state index in [1.54, 1.807) is 38.4 Å². The fraction of sp³-hybridized carbons (Fsp3) is 0.385. The molecule has 0 aliphatic carbocycles. The average molecular weight is 541 g/mol.